The lowest BCUT2D eigenvalue weighted by molar-refractivity contribution is -0.384. The number of hydrogen-bond donors (Lipinski definition) is 1. The third-order valence-corrected chi connectivity index (χ3v) is 5.45. The van der Waals surface area contributed by atoms with Crippen molar-refractivity contribution in [2.24, 2.45) is 5.92 Å². The number of nitro benzene ring substituents is 1. The minimum Gasteiger partial charge on any atom is -0.481 e. The predicted octanol–water partition coefficient (Wildman–Crippen LogP) is 3.08. The standard InChI is InChI=1S/C18H24N2O5.ClH/c21-18(22)17(13-5-7-14(8-6-13)20(23)24)15-3-1-2-4-16(15)19-9-11-25-12-10-19;/h5-8,15-17H,1-4,9-12H2,(H,21,22);1H/t15-,16-,17?;/m1./s1. The predicted molar refractivity (Wildman–Crippen MR) is 98.9 cm³/mol. The molecule has 1 aromatic carbocycles. The minimum absolute atomic E-state index is 0. The molecule has 0 bridgehead atoms. The van der Waals surface area contributed by atoms with Crippen LogP contribution in [0.15, 0.2) is 24.3 Å². The highest BCUT2D eigenvalue weighted by atomic mass is 35.5. The van der Waals surface area contributed by atoms with E-state index >= 15 is 0 Å². The van der Waals surface area contributed by atoms with E-state index in [0.717, 1.165) is 38.8 Å². The van der Waals surface area contributed by atoms with Crippen LogP contribution in [-0.4, -0.2) is 53.2 Å². The zero-order valence-corrected chi connectivity index (χ0v) is 15.4. The maximum atomic E-state index is 12.1. The van der Waals surface area contributed by atoms with Crippen molar-refractivity contribution in [3.8, 4) is 0 Å². The Hall–Kier alpha value is -1.70. The third kappa shape index (κ3) is 4.52. The fourth-order valence-corrected chi connectivity index (χ4v) is 4.27. The largest absolute Gasteiger partial charge is 0.481 e. The molecule has 3 atom stereocenters. The molecule has 7 nitrogen and oxygen atoms in total. The summed E-state index contributed by atoms with van der Waals surface area (Å²) in [4.78, 5) is 24.8. The Morgan fingerprint density at radius 1 is 1.19 bits per heavy atom. The van der Waals surface area contributed by atoms with Gasteiger partial charge >= 0.3 is 5.97 Å². The molecule has 0 radical (unpaired) electrons. The van der Waals surface area contributed by atoms with E-state index in [9.17, 15) is 20.0 Å². The highest BCUT2D eigenvalue weighted by Gasteiger charge is 2.40. The highest BCUT2D eigenvalue weighted by molar-refractivity contribution is 5.85. The van der Waals surface area contributed by atoms with E-state index in [2.05, 4.69) is 4.90 Å². The summed E-state index contributed by atoms with van der Waals surface area (Å²) < 4.78 is 5.43. The Balaban J connectivity index is 0.00000243. The molecule has 0 spiro atoms. The molecule has 8 heteroatoms. The van der Waals surface area contributed by atoms with E-state index in [4.69, 9.17) is 4.74 Å². The van der Waals surface area contributed by atoms with Crippen molar-refractivity contribution in [3.05, 3.63) is 39.9 Å². The van der Waals surface area contributed by atoms with Crippen LogP contribution in [0.1, 0.15) is 37.2 Å². The van der Waals surface area contributed by atoms with Gasteiger partial charge in [-0.25, -0.2) is 0 Å². The van der Waals surface area contributed by atoms with Crippen molar-refractivity contribution >= 4 is 24.1 Å². The number of aliphatic carboxylic acids is 1. The fourth-order valence-electron chi connectivity index (χ4n) is 4.27. The van der Waals surface area contributed by atoms with Gasteiger partial charge in [0.25, 0.3) is 5.69 Å². The van der Waals surface area contributed by atoms with Crippen LogP contribution in [0.25, 0.3) is 0 Å². The lowest BCUT2D eigenvalue weighted by Gasteiger charge is -2.43. The van der Waals surface area contributed by atoms with E-state index < -0.39 is 16.8 Å². The van der Waals surface area contributed by atoms with Crippen LogP contribution in [-0.2, 0) is 9.53 Å². The summed E-state index contributed by atoms with van der Waals surface area (Å²) in [5.41, 5.74) is 0.643. The molecule has 1 aliphatic carbocycles. The van der Waals surface area contributed by atoms with Crippen molar-refractivity contribution in [3.63, 3.8) is 0 Å². The maximum Gasteiger partial charge on any atom is 0.311 e. The summed E-state index contributed by atoms with van der Waals surface area (Å²) in [6.45, 7) is 3.07. The number of nitro groups is 1. The molecule has 144 valence electrons. The lowest BCUT2D eigenvalue weighted by Crippen LogP contribution is -2.50. The summed E-state index contributed by atoms with van der Waals surface area (Å²) in [6.07, 6.45) is 4.02. The second-order valence-electron chi connectivity index (χ2n) is 6.83. The van der Waals surface area contributed by atoms with Crippen LogP contribution in [0, 0.1) is 16.0 Å². The first-order valence-corrected chi connectivity index (χ1v) is 8.87. The van der Waals surface area contributed by atoms with Crippen LogP contribution in [0.5, 0.6) is 0 Å². The fraction of sp³-hybridized carbons (Fsp3) is 0.611. The second kappa shape index (κ2) is 9.30. The maximum absolute atomic E-state index is 12.1. The molecule has 1 aromatic rings. The zero-order chi connectivity index (χ0) is 17.8. The SMILES string of the molecule is Cl.O=C(O)C(c1ccc([N+](=O)[O-])cc1)[C@@H]1CCCC[C@H]1N1CCOCC1. The molecule has 0 amide bonds. The van der Waals surface area contributed by atoms with E-state index in [1.54, 1.807) is 12.1 Å². The van der Waals surface area contributed by atoms with Crippen LogP contribution < -0.4 is 0 Å². The number of non-ortho nitro benzene ring substituents is 1. The van der Waals surface area contributed by atoms with Gasteiger partial charge in [0.05, 0.1) is 24.1 Å². The number of morpholine rings is 1. The Labute approximate surface area is 158 Å². The molecular formula is C18H25ClN2O5. The van der Waals surface area contributed by atoms with E-state index in [-0.39, 0.29) is 30.1 Å². The van der Waals surface area contributed by atoms with Gasteiger partial charge < -0.3 is 9.84 Å². The number of rotatable bonds is 5. The monoisotopic (exact) mass is 384 g/mol. The van der Waals surface area contributed by atoms with Gasteiger partial charge in [0.15, 0.2) is 0 Å². The summed E-state index contributed by atoms with van der Waals surface area (Å²) in [5.74, 6) is -1.46. The molecule has 26 heavy (non-hydrogen) atoms. The number of carboxylic acids is 1. The van der Waals surface area contributed by atoms with Crippen molar-refractivity contribution < 1.29 is 19.6 Å². The van der Waals surface area contributed by atoms with Crippen molar-refractivity contribution in [2.45, 2.75) is 37.6 Å². The first kappa shape index (κ1) is 20.6. The topological polar surface area (TPSA) is 92.9 Å². The normalized spacial score (nSPS) is 25.1. The number of benzene rings is 1. The van der Waals surface area contributed by atoms with Crippen LogP contribution >= 0.6 is 12.4 Å². The molecule has 2 aliphatic rings. The van der Waals surface area contributed by atoms with E-state index in [0.29, 0.717) is 18.8 Å². The molecular weight excluding hydrogens is 360 g/mol. The number of carbonyl (C=O) groups is 1. The number of nitrogens with zero attached hydrogens (tertiary/aromatic N) is 2. The quantitative estimate of drug-likeness (QED) is 0.619. The number of halogens is 1. The van der Waals surface area contributed by atoms with Crippen molar-refractivity contribution in [1.82, 2.24) is 4.90 Å². The molecule has 2 fully saturated rings. The van der Waals surface area contributed by atoms with E-state index in [1.165, 1.54) is 12.1 Å². The summed E-state index contributed by atoms with van der Waals surface area (Å²) in [6, 6.07) is 6.23. The number of carboxylic acid groups (broad SMARTS) is 1. The van der Waals surface area contributed by atoms with Gasteiger partial charge in [-0.05, 0) is 24.3 Å². The molecule has 1 N–H and O–H groups in total. The first-order chi connectivity index (χ1) is 12.1. The molecule has 0 aromatic heterocycles. The Kier molecular flexibility index (Phi) is 7.37. The number of hydrogen-bond acceptors (Lipinski definition) is 5. The smallest absolute Gasteiger partial charge is 0.311 e. The summed E-state index contributed by atoms with van der Waals surface area (Å²) in [5, 5.41) is 20.7. The average Bonchev–Trinajstić information content (AvgIpc) is 2.63. The van der Waals surface area contributed by atoms with Crippen LogP contribution in [0.4, 0.5) is 5.69 Å². The Morgan fingerprint density at radius 2 is 1.81 bits per heavy atom. The Bertz CT molecular complexity index is 619. The number of ether oxygens (including phenoxy) is 1. The highest BCUT2D eigenvalue weighted by Crippen LogP contribution is 2.39. The second-order valence-corrected chi connectivity index (χ2v) is 6.83. The molecule has 1 saturated carbocycles. The van der Waals surface area contributed by atoms with Gasteiger partial charge in [-0.15, -0.1) is 12.4 Å². The molecule has 1 saturated heterocycles. The average molecular weight is 385 g/mol. The first-order valence-electron chi connectivity index (χ1n) is 8.87. The van der Waals surface area contributed by atoms with Gasteiger partial charge in [-0.3, -0.25) is 19.8 Å². The van der Waals surface area contributed by atoms with Gasteiger partial charge in [0, 0.05) is 31.3 Å². The molecule has 3 rings (SSSR count). The third-order valence-electron chi connectivity index (χ3n) is 5.45. The van der Waals surface area contributed by atoms with Gasteiger partial charge in [-0.1, -0.05) is 25.0 Å². The van der Waals surface area contributed by atoms with Gasteiger partial charge in [0.1, 0.15) is 0 Å². The summed E-state index contributed by atoms with van der Waals surface area (Å²) >= 11 is 0. The minimum atomic E-state index is -0.848. The van der Waals surface area contributed by atoms with Crippen molar-refractivity contribution in [1.29, 1.82) is 0 Å². The summed E-state index contributed by atoms with van der Waals surface area (Å²) in [7, 11) is 0. The van der Waals surface area contributed by atoms with Crippen molar-refractivity contribution in [2.75, 3.05) is 26.3 Å². The van der Waals surface area contributed by atoms with E-state index in [1.807, 2.05) is 0 Å². The zero-order valence-electron chi connectivity index (χ0n) is 14.6. The van der Waals surface area contributed by atoms with Crippen LogP contribution in [0.2, 0.25) is 0 Å². The van der Waals surface area contributed by atoms with Gasteiger partial charge in [0.2, 0.25) is 0 Å². The molecule has 1 aliphatic heterocycles. The van der Waals surface area contributed by atoms with Gasteiger partial charge in [-0.2, -0.15) is 0 Å². The lowest BCUT2D eigenvalue weighted by atomic mass is 9.73. The Morgan fingerprint density at radius 3 is 2.38 bits per heavy atom. The molecule has 1 unspecified atom stereocenters. The molecule has 1 heterocycles. The van der Waals surface area contributed by atoms with Crippen LogP contribution in [0.3, 0.4) is 0 Å².